The lowest BCUT2D eigenvalue weighted by Gasteiger charge is -2.23. The lowest BCUT2D eigenvalue weighted by molar-refractivity contribution is -0.188. The molecular formula is C9H14O4. The van der Waals surface area contributed by atoms with Crippen molar-refractivity contribution in [1.29, 1.82) is 0 Å². The molecule has 0 amide bonds. The molecule has 74 valence electrons. The second-order valence-corrected chi connectivity index (χ2v) is 2.86. The number of ether oxygens (including phenoxy) is 3. The smallest absolute Gasteiger partial charge is 0.334 e. The van der Waals surface area contributed by atoms with Gasteiger partial charge in [0.2, 0.25) is 6.29 Å². The molecule has 13 heavy (non-hydrogen) atoms. The van der Waals surface area contributed by atoms with Crippen molar-refractivity contribution in [3.05, 3.63) is 12.2 Å². The zero-order chi connectivity index (χ0) is 9.68. The van der Waals surface area contributed by atoms with Crippen LogP contribution in [0.1, 0.15) is 13.3 Å². The van der Waals surface area contributed by atoms with Gasteiger partial charge in [0.25, 0.3) is 0 Å². The molecule has 2 atom stereocenters. The van der Waals surface area contributed by atoms with Crippen molar-refractivity contribution in [2.75, 3.05) is 13.7 Å². The summed E-state index contributed by atoms with van der Waals surface area (Å²) in [5.74, 6) is -0.394. The number of hydrogen-bond donors (Lipinski definition) is 0. The van der Waals surface area contributed by atoms with Crippen LogP contribution in [0, 0.1) is 0 Å². The largest absolute Gasteiger partial charge is 0.434 e. The van der Waals surface area contributed by atoms with E-state index in [9.17, 15) is 4.79 Å². The SMILES string of the molecule is COCC(=O)OC1CC=C[C@H](C)O1. The maximum absolute atomic E-state index is 11.0. The molecule has 0 spiro atoms. The number of hydrogen-bond acceptors (Lipinski definition) is 4. The van der Waals surface area contributed by atoms with Crippen LogP contribution in [0.4, 0.5) is 0 Å². The first kappa shape index (κ1) is 10.2. The van der Waals surface area contributed by atoms with Crippen molar-refractivity contribution < 1.29 is 19.0 Å². The molecule has 0 radical (unpaired) electrons. The Morgan fingerprint density at radius 2 is 2.46 bits per heavy atom. The third-order valence-electron chi connectivity index (χ3n) is 1.63. The van der Waals surface area contributed by atoms with Crippen LogP contribution in [-0.4, -0.2) is 32.1 Å². The Bertz CT molecular complexity index is 200. The summed E-state index contributed by atoms with van der Waals surface area (Å²) >= 11 is 0. The van der Waals surface area contributed by atoms with Crippen LogP contribution in [0.5, 0.6) is 0 Å². The highest BCUT2D eigenvalue weighted by molar-refractivity contribution is 5.70. The minimum atomic E-state index is -0.456. The number of carbonyl (C=O) groups is 1. The molecule has 0 N–H and O–H groups in total. The summed E-state index contributed by atoms with van der Waals surface area (Å²) in [5, 5.41) is 0. The quantitative estimate of drug-likeness (QED) is 0.484. The minimum Gasteiger partial charge on any atom is -0.434 e. The average Bonchev–Trinajstić information content (AvgIpc) is 2.04. The van der Waals surface area contributed by atoms with E-state index in [0.29, 0.717) is 6.42 Å². The topological polar surface area (TPSA) is 44.8 Å². The summed E-state index contributed by atoms with van der Waals surface area (Å²) in [6, 6.07) is 0. The van der Waals surface area contributed by atoms with Gasteiger partial charge in [-0.2, -0.15) is 0 Å². The first-order chi connectivity index (χ1) is 6.22. The first-order valence-electron chi connectivity index (χ1n) is 4.23. The van der Waals surface area contributed by atoms with Gasteiger partial charge in [0.15, 0.2) is 0 Å². The summed E-state index contributed by atoms with van der Waals surface area (Å²) < 4.78 is 14.9. The minimum absolute atomic E-state index is 0.00842. The second-order valence-electron chi connectivity index (χ2n) is 2.86. The van der Waals surface area contributed by atoms with Crippen molar-refractivity contribution in [2.45, 2.75) is 25.7 Å². The number of methoxy groups -OCH3 is 1. The highest BCUT2D eigenvalue weighted by Crippen LogP contribution is 2.12. The summed E-state index contributed by atoms with van der Waals surface area (Å²) in [6.45, 7) is 1.87. The van der Waals surface area contributed by atoms with Gasteiger partial charge in [0.05, 0.1) is 6.10 Å². The molecule has 0 saturated carbocycles. The van der Waals surface area contributed by atoms with Gasteiger partial charge in [-0.3, -0.25) is 0 Å². The van der Waals surface area contributed by atoms with Crippen molar-refractivity contribution in [2.24, 2.45) is 0 Å². The first-order valence-corrected chi connectivity index (χ1v) is 4.23. The molecule has 1 aliphatic heterocycles. The van der Waals surface area contributed by atoms with Crippen molar-refractivity contribution in [1.82, 2.24) is 0 Å². The van der Waals surface area contributed by atoms with Gasteiger partial charge >= 0.3 is 5.97 Å². The zero-order valence-electron chi connectivity index (χ0n) is 7.86. The lowest BCUT2D eigenvalue weighted by atomic mass is 10.2. The van der Waals surface area contributed by atoms with E-state index in [1.165, 1.54) is 7.11 Å². The second kappa shape index (κ2) is 4.99. The molecule has 1 heterocycles. The zero-order valence-corrected chi connectivity index (χ0v) is 7.86. The van der Waals surface area contributed by atoms with E-state index in [1.807, 2.05) is 19.1 Å². The Kier molecular flexibility index (Phi) is 3.92. The van der Waals surface area contributed by atoms with Crippen molar-refractivity contribution in [3.8, 4) is 0 Å². The highest BCUT2D eigenvalue weighted by Gasteiger charge is 2.18. The Hall–Kier alpha value is -0.870. The van der Waals surface area contributed by atoms with Crippen LogP contribution in [-0.2, 0) is 19.0 Å². The molecular weight excluding hydrogens is 172 g/mol. The number of esters is 1. The van der Waals surface area contributed by atoms with Crippen LogP contribution in [0.3, 0.4) is 0 Å². The predicted octanol–water partition coefficient (Wildman–Crippen LogP) is 0.867. The van der Waals surface area contributed by atoms with Gasteiger partial charge < -0.3 is 14.2 Å². The van der Waals surface area contributed by atoms with E-state index in [4.69, 9.17) is 9.47 Å². The molecule has 1 unspecified atom stereocenters. The molecule has 4 nitrogen and oxygen atoms in total. The van der Waals surface area contributed by atoms with E-state index in [0.717, 1.165) is 0 Å². The van der Waals surface area contributed by atoms with E-state index in [-0.39, 0.29) is 12.7 Å². The molecule has 0 aromatic carbocycles. The van der Waals surface area contributed by atoms with Crippen LogP contribution in [0.25, 0.3) is 0 Å². The van der Waals surface area contributed by atoms with E-state index < -0.39 is 12.3 Å². The molecule has 0 saturated heterocycles. The maximum Gasteiger partial charge on any atom is 0.334 e. The Labute approximate surface area is 77.5 Å². The van der Waals surface area contributed by atoms with Gasteiger partial charge in [-0.25, -0.2) is 4.79 Å². The van der Waals surface area contributed by atoms with Crippen LogP contribution < -0.4 is 0 Å². The van der Waals surface area contributed by atoms with Crippen LogP contribution in [0.15, 0.2) is 12.2 Å². The number of rotatable bonds is 3. The summed E-state index contributed by atoms with van der Waals surface area (Å²) in [4.78, 5) is 11.0. The Morgan fingerprint density at radius 3 is 3.08 bits per heavy atom. The third kappa shape index (κ3) is 3.57. The molecule has 4 heteroatoms. The van der Waals surface area contributed by atoms with Gasteiger partial charge in [-0.15, -0.1) is 0 Å². The predicted molar refractivity (Wildman–Crippen MR) is 46.1 cm³/mol. The lowest BCUT2D eigenvalue weighted by Crippen LogP contribution is -2.28. The molecule has 1 aliphatic rings. The summed E-state index contributed by atoms with van der Waals surface area (Å²) in [5.41, 5.74) is 0. The van der Waals surface area contributed by atoms with E-state index >= 15 is 0 Å². The Balaban J connectivity index is 2.29. The van der Waals surface area contributed by atoms with Crippen molar-refractivity contribution in [3.63, 3.8) is 0 Å². The standard InChI is InChI=1S/C9H14O4/c1-7-4-3-5-9(12-7)13-8(10)6-11-2/h3-4,7,9H,5-6H2,1-2H3/t7-,9?/m0/s1. The van der Waals surface area contributed by atoms with E-state index in [1.54, 1.807) is 0 Å². The van der Waals surface area contributed by atoms with Gasteiger partial charge in [0.1, 0.15) is 6.61 Å². The summed E-state index contributed by atoms with van der Waals surface area (Å²) in [6.07, 6.45) is 4.04. The normalized spacial score (nSPS) is 27.2. The monoisotopic (exact) mass is 186 g/mol. The Morgan fingerprint density at radius 1 is 1.69 bits per heavy atom. The fraction of sp³-hybridized carbons (Fsp3) is 0.667. The fourth-order valence-electron chi connectivity index (χ4n) is 1.10. The van der Waals surface area contributed by atoms with Gasteiger partial charge in [0, 0.05) is 13.5 Å². The molecule has 0 aromatic heterocycles. The highest BCUT2D eigenvalue weighted by atomic mass is 16.7. The molecule has 1 rings (SSSR count). The molecule has 0 aromatic rings. The molecule has 0 fully saturated rings. The maximum atomic E-state index is 11.0. The fourth-order valence-corrected chi connectivity index (χ4v) is 1.10. The van der Waals surface area contributed by atoms with Crippen LogP contribution in [0.2, 0.25) is 0 Å². The summed E-state index contributed by atoms with van der Waals surface area (Å²) in [7, 11) is 1.45. The van der Waals surface area contributed by atoms with Crippen molar-refractivity contribution >= 4 is 5.97 Å². The van der Waals surface area contributed by atoms with Gasteiger partial charge in [-0.05, 0) is 6.92 Å². The molecule has 0 bridgehead atoms. The van der Waals surface area contributed by atoms with Gasteiger partial charge in [-0.1, -0.05) is 12.2 Å². The number of carbonyl (C=O) groups excluding carboxylic acids is 1. The van der Waals surface area contributed by atoms with Crippen LogP contribution >= 0.6 is 0 Å². The molecule has 0 aliphatic carbocycles. The van der Waals surface area contributed by atoms with E-state index in [2.05, 4.69) is 4.74 Å². The average molecular weight is 186 g/mol. The third-order valence-corrected chi connectivity index (χ3v) is 1.63.